The molecule has 0 spiro atoms. The minimum atomic E-state index is 0.00774. The highest BCUT2D eigenvalue weighted by Crippen LogP contribution is 2.19. The van der Waals surface area contributed by atoms with E-state index in [2.05, 4.69) is 18.7 Å². The van der Waals surface area contributed by atoms with Gasteiger partial charge in [0, 0.05) is 32.3 Å². The van der Waals surface area contributed by atoms with Gasteiger partial charge in [0.15, 0.2) is 0 Å². The van der Waals surface area contributed by atoms with Gasteiger partial charge in [-0.05, 0) is 30.5 Å². The number of nitrogens with two attached hydrogens (primary N) is 1. The van der Waals surface area contributed by atoms with Crippen molar-refractivity contribution in [3.05, 3.63) is 29.8 Å². The molecular weight excluding hydrogens is 264 g/mol. The van der Waals surface area contributed by atoms with Crippen molar-refractivity contribution in [2.24, 2.45) is 5.73 Å². The first-order chi connectivity index (χ1) is 10.2. The molecule has 0 aliphatic rings. The Morgan fingerprint density at radius 1 is 1.10 bits per heavy atom. The molecule has 0 amide bonds. The summed E-state index contributed by atoms with van der Waals surface area (Å²) < 4.78 is 10.4. The van der Waals surface area contributed by atoms with Crippen molar-refractivity contribution in [1.29, 1.82) is 0 Å². The summed E-state index contributed by atoms with van der Waals surface area (Å²) in [5.41, 5.74) is 7.53. The van der Waals surface area contributed by atoms with Crippen LogP contribution in [0.4, 0.5) is 0 Å². The van der Waals surface area contributed by atoms with Gasteiger partial charge in [0.1, 0.15) is 5.75 Å². The molecule has 0 saturated carbocycles. The van der Waals surface area contributed by atoms with Gasteiger partial charge in [0.05, 0.1) is 13.7 Å². The van der Waals surface area contributed by atoms with Crippen LogP contribution in [0.1, 0.15) is 38.3 Å². The summed E-state index contributed by atoms with van der Waals surface area (Å²) in [7, 11) is 3.42. The topological polar surface area (TPSA) is 47.7 Å². The van der Waals surface area contributed by atoms with Crippen LogP contribution in [0, 0.1) is 0 Å². The van der Waals surface area contributed by atoms with Crippen LogP contribution in [0.2, 0.25) is 0 Å². The lowest BCUT2D eigenvalue weighted by Crippen LogP contribution is -2.41. The Hall–Kier alpha value is -1.10. The van der Waals surface area contributed by atoms with E-state index in [1.165, 1.54) is 0 Å². The SMILES string of the molecule is CCC(CC)N(CCOC)CC(N)c1ccc(OC)cc1. The standard InChI is InChI=1S/C17H30N2O2/c1-5-15(6-2)19(11-12-20-3)13-17(18)14-7-9-16(21-4)10-8-14/h7-10,15,17H,5-6,11-13,18H2,1-4H3. The van der Waals surface area contributed by atoms with Gasteiger partial charge in [0.25, 0.3) is 0 Å². The average Bonchev–Trinajstić information content (AvgIpc) is 2.53. The Balaban J connectivity index is 2.70. The van der Waals surface area contributed by atoms with Gasteiger partial charge < -0.3 is 15.2 Å². The zero-order valence-electron chi connectivity index (χ0n) is 13.8. The molecule has 0 fully saturated rings. The zero-order chi connectivity index (χ0) is 15.7. The van der Waals surface area contributed by atoms with Crippen molar-refractivity contribution in [2.75, 3.05) is 33.9 Å². The van der Waals surface area contributed by atoms with Crippen LogP contribution in [0.15, 0.2) is 24.3 Å². The van der Waals surface area contributed by atoms with Gasteiger partial charge >= 0.3 is 0 Å². The molecule has 0 heterocycles. The molecule has 4 heteroatoms. The van der Waals surface area contributed by atoms with Gasteiger partial charge in [-0.2, -0.15) is 0 Å². The van der Waals surface area contributed by atoms with Crippen molar-refractivity contribution in [2.45, 2.75) is 38.8 Å². The summed E-state index contributed by atoms with van der Waals surface area (Å²) in [6.45, 7) is 6.97. The van der Waals surface area contributed by atoms with Gasteiger partial charge in [-0.3, -0.25) is 4.90 Å². The Kier molecular flexibility index (Phi) is 8.35. The normalized spacial score (nSPS) is 12.9. The molecule has 120 valence electrons. The molecule has 21 heavy (non-hydrogen) atoms. The van der Waals surface area contributed by atoms with Gasteiger partial charge in [0.2, 0.25) is 0 Å². The molecule has 0 radical (unpaired) electrons. The molecule has 2 N–H and O–H groups in total. The Labute approximate surface area is 129 Å². The minimum Gasteiger partial charge on any atom is -0.497 e. The lowest BCUT2D eigenvalue weighted by Gasteiger charge is -2.32. The monoisotopic (exact) mass is 294 g/mol. The summed E-state index contributed by atoms with van der Waals surface area (Å²) in [5, 5.41) is 0. The summed E-state index contributed by atoms with van der Waals surface area (Å²) in [6, 6.07) is 8.59. The van der Waals surface area contributed by atoms with E-state index in [-0.39, 0.29) is 6.04 Å². The predicted octanol–water partition coefficient (Wildman–Crippen LogP) is 2.83. The number of rotatable bonds is 10. The first-order valence-corrected chi connectivity index (χ1v) is 7.78. The lowest BCUT2D eigenvalue weighted by molar-refractivity contribution is 0.110. The largest absolute Gasteiger partial charge is 0.497 e. The smallest absolute Gasteiger partial charge is 0.118 e. The highest BCUT2D eigenvalue weighted by molar-refractivity contribution is 5.29. The fraction of sp³-hybridized carbons (Fsp3) is 0.647. The fourth-order valence-electron chi connectivity index (χ4n) is 2.65. The molecule has 0 bridgehead atoms. The quantitative estimate of drug-likeness (QED) is 0.721. The average molecular weight is 294 g/mol. The van der Waals surface area contributed by atoms with Crippen molar-refractivity contribution >= 4 is 0 Å². The molecule has 0 aliphatic heterocycles. The van der Waals surface area contributed by atoms with Crippen molar-refractivity contribution < 1.29 is 9.47 Å². The lowest BCUT2D eigenvalue weighted by atomic mass is 10.0. The second-order valence-electron chi connectivity index (χ2n) is 5.34. The maximum absolute atomic E-state index is 6.38. The highest BCUT2D eigenvalue weighted by Gasteiger charge is 2.18. The number of nitrogens with zero attached hydrogens (tertiary/aromatic N) is 1. The van der Waals surface area contributed by atoms with E-state index in [0.717, 1.165) is 43.9 Å². The minimum absolute atomic E-state index is 0.00774. The second-order valence-corrected chi connectivity index (χ2v) is 5.34. The van der Waals surface area contributed by atoms with Crippen LogP contribution in [0.3, 0.4) is 0 Å². The Morgan fingerprint density at radius 2 is 1.71 bits per heavy atom. The number of ether oxygens (including phenoxy) is 2. The molecule has 0 aromatic heterocycles. The molecule has 1 aromatic carbocycles. The molecule has 1 rings (SSSR count). The molecular formula is C17H30N2O2. The van der Waals surface area contributed by atoms with E-state index in [1.807, 2.05) is 24.3 Å². The van der Waals surface area contributed by atoms with Gasteiger partial charge in [-0.1, -0.05) is 26.0 Å². The molecule has 0 aliphatic carbocycles. The fourth-order valence-corrected chi connectivity index (χ4v) is 2.65. The molecule has 4 nitrogen and oxygen atoms in total. The molecule has 1 atom stereocenters. The summed E-state index contributed by atoms with van der Waals surface area (Å²) >= 11 is 0. The van der Waals surface area contributed by atoms with E-state index in [9.17, 15) is 0 Å². The molecule has 1 aromatic rings. The number of benzene rings is 1. The highest BCUT2D eigenvalue weighted by atomic mass is 16.5. The second kappa shape index (κ2) is 9.77. The molecule has 0 saturated heterocycles. The zero-order valence-corrected chi connectivity index (χ0v) is 13.8. The first kappa shape index (κ1) is 18.0. The number of methoxy groups -OCH3 is 2. The third kappa shape index (κ3) is 5.65. The van der Waals surface area contributed by atoms with Crippen molar-refractivity contribution in [3.63, 3.8) is 0 Å². The maximum Gasteiger partial charge on any atom is 0.118 e. The Morgan fingerprint density at radius 3 is 2.19 bits per heavy atom. The van der Waals surface area contributed by atoms with Crippen LogP contribution in [0.5, 0.6) is 5.75 Å². The van der Waals surface area contributed by atoms with Gasteiger partial charge in [-0.15, -0.1) is 0 Å². The van der Waals surface area contributed by atoms with Crippen LogP contribution in [-0.2, 0) is 4.74 Å². The third-order valence-corrected chi connectivity index (χ3v) is 4.02. The molecule has 1 unspecified atom stereocenters. The summed E-state index contributed by atoms with van der Waals surface area (Å²) in [4.78, 5) is 2.44. The van der Waals surface area contributed by atoms with Crippen LogP contribution in [-0.4, -0.2) is 44.9 Å². The maximum atomic E-state index is 6.38. The van der Waals surface area contributed by atoms with E-state index >= 15 is 0 Å². The van der Waals surface area contributed by atoms with E-state index in [0.29, 0.717) is 6.04 Å². The van der Waals surface area contributed by atoms with Crippen LogP contribution >= 0.6 is 0 Å². The van der Waals surface area contributed by atoms with Crippen LogP contribution < -0.4 is 10.5 Å². The van der Waals surface area contributed by atoms with E-state index in [1.54, 1.807) is 14.2 Å². The summed E-state index contributed by atoms with van der Waals surface area (Å²) in [5.74, 6) is 0.863. The van der Waals surface area contributed by atoms with Crippen molar-refractivity contribution in [3.8, 4) is 5.75 Å². The van der Waals surface area contributed by atoms with E-state index in [4.69, 9.17) is 15.2 Å². The Bertz CT molecular complexity index is 377. The van der Waals surface area contributed by atoms with E-state index < -0.39 is 0 Å². The van der Waals surface area contributed by atoms with Crippen molar-refractivity contribution in [1.82, 2.24) is 4.90 Å². The predicted molar refractivity (Wildman–Crippen MR) is 87.7 cm³/mol. The third-order valence-electron chi connectivity index (χ3n) is 4.02. The summed E-state index contributed by atoms with van der Waals surface area (Å²) in [6.07, 6.45) is 2.27. The first-order valence-electron chi connectivity index (χ1n) is 7.78. The van der Waals surface area contributed by atoms with Gasteiger partial charge in [-0.25, -0.2) is 0 Å². The number of hydrogen-bond donors (Lipinski definition) is 1. The van der Waals surface area contributed by atoms with Crippen LogP contribution in [0.25, 0.3) is 0 Å². The number of hydrogen-bond acceptors (Lipinski definition) is 4.